The monoisotopic (exact) mass is 305 g/mol. The third kappa shape index (κ3) is 4.80. The van der Waals surface area contributed by atoms with Gasteiger partial charge in [-0.25, -0.2) is 0 Å². The molecule has 0 radical (unpaired) electrons. The molecule has 0 saturated carbocycles. The second kappa shape index (κ2) is 8.09. The zero-order chi connectivity index (χ0) is 16.1. The van der Waals surface area contributed by atoms with E-state index in [1.54, 1.807) is 0 Å². The molecule has 22 heavy (non-hydrogen) atoms. The van der Waals surface area contributed by atoms with Gasteiger partial charge in [0.15, 0.2) is 0 Å². The predicted octanol–water partition coefficient (Wildman–Crippen LogP) is 3.73. The van der Waals surface area contributed by atoms with Crippen molar-refractivity contribution in [2.75, 3.05) is 19.6 Å². The first-order valence-electron chi connectivity index (χ1n) is 8.65. The quantitative estimate of drug-likeness (QED) is 0.869. The van der Waals surface area contributed by atoms with Gasteiger partial charge in [-0.15, -0.1) is 0 Å². The van der Waals surface area contributed by atoms with Crippen LogP contribution in [0.3, 0.4) is 0 Å². The zero-order valence-electron chi connectivity index (χ0n) is 14.5. The summed E-state index contributed by atoms with van der Waals surface area (Å²) in [6.45, 7) is 11.5. The zero-order valence-corrected chi connectivity index (χ0v) is 14.5. The summed E-state index contributed by atoms with van der Waals surface area (Å²) in [6.07, 6.45) is 2.13. The van der Waals surface area contributed by atoms with Gasteiger partial charge in [0.05, 0.1) is 18.3 Å². The first kappa shape index (κ1) is 17.5. The van der Waals surface area contributed by atoms with Gasteiger partial charge in [0.25, 0.3) is 0 Å². The maximum atomic E-state index is 10.4. The molecule has 0 aromatic heterocycles. The molecule has 1 aliphatic rings. The number of rotatable bonds is 6. The van der Waals surface area contributed by atoms with E-state index in [0.29, 0.717) is 5.92 Å². The Morgan fingerprint density at radius 1 is 1.14 bits per heavy atom. The summed E-state index contributed by atoms with van der Waals surface area (Å²) in [5.41, 5.74) is 2.38. The Labute approximate surface area is 135 Å². The van der Waals surface area contributed by atoms with Crippen molar-refractivity contribution < 1.29 is 9.84 Å². The molecule has 1 saturated heterocycles. The van der Waals surface area contributed by atoms with Crippen molar-refractivity contribution in [1.82, 2.24) is 4.90 Å². The Kier molecular flexibility index (Phi) is 6.42. The second-order valence-electron chi connectivity index (χ2n) is 6.80. The molecule has 1 aromatic rings. The summed E-state index contributed by atoms with van der Waals surface area (Å²) in [5, 5.41) is 10.4. The highest BCUT2D eigenvalue weighted by atomic mass is 16.5. The molecule has 0 bridgehead atoms. The number of morpholine rings is 1. The molecule has 1 fully saturated rings. The lowest BCUT2D eigenvalue weighted by Crippen LogP contribution is -2.45. The molecule has 1 heterocycles. The van der Waals surface area contributed by atoms with E-state index in [4.69, 9.17) is 4.74 Å². The van der Waals surface area contributed by atoms with Crippen LogP contribution < -0.4 is 0 Å². The summed E-state index contributed by atoms with van der Waals surface area (Å²) in [5.74, 6) is 0.586. The first-order chi connectivity index (χ1) is 10.5. The summed E-state index contributed by atoms with van der Waals surface area (Å²) >= 11 is 0. The predicted molar refractivity (Wildman–Crippen MR) is 91.2 cm³/mol. The van der Waals surface area contributed by atoms with Gasteiger partial charge in [-0.1, -0.05) is 38.1 Å². The van der Waals surface area contributed by atoms with Gasteiger partial charge >= 0.3 is 0 Å². The van der Waals surface area contributed by atoms with E-state index < -0.39 is 0 Å². The van der Waals surface area contributed by atoms with Gasteiger partial charge in [-0.05, 0) is 43.7 Å². The van der Waals surface area contributed by atoms with Gasteiger partial charge in [0.2, 0.25) is 0 Å². The van der Waals surface area contributed by atoms with E-state index in [1.165, 1.54) is 5.56 Å². The van der Waals surface area contributed by atoms with Crippen LogP contribution in [0.1, 0.15) is 63.7 Å². The Bertz CT molecular complexity index is 435. The van der Waals surface area contributed by atoms with Crippen LogP contribution in [0.15, 0.2) is 24.3 Å². The minimum absolute atomic E-state index is 0.288. The molecule has 1 aliphatic heterocycles. The average Bonchev–Trinajstić information content (AvgIpc) is 2.51. The fourth-order valence-electron chi connectivity index (χ4n) is 3.22. The topological polar surface area (TPSA) is 32.7 Å². The van der Waals surface area contributed by atoms with Crippen LogP contribution in [0.25, 0.3) is 0 Å². The Morgan fingerprint density at radius 2 is 1.68 bits per heavy atom. The number of aliphatic hydroxyl groups is 1. The van der Waals surface area contributed by atoms with Crippen molar-refractivity contribution in [2.24, 2.45) is 0 Å². The number of aliphatic hydroxyl groups excluding tert-OH is 1. The van der Waals surface area contributed by atoms with Crippen LogP contribution in [0.4, 0.5) is 0 Å². The number of hydrogen-bond donors (Lipinski definition) is 1. The van der Waals surface area contributed by atoms with E-state index in [1.807, 2.05) is 0 Å². The molecule has 124 valence electrons. The van der Waals surface area contributed by atoms with Gasteiger partial charge in [-0.3, -0.25) is 4.90 Å². The standard InChI is InChI=1S/C19H31NO2/c1-5-14(2)17-6-8-18(9-7-17)19(21)10-11-20-12-15(3)22-16(4)13-20/h6-9,14-16,19,21H,5,10-13H2,1-4H3. The third-order valence-corrected chi connectivity index (χ3v) is 4.72. The molecule has 3 nitrogen and oxygen atoms in total. The minimum atomic E-state index is -0.376. The SMILES string of the molecule is CCC(C)c1ccc(C(O)CCN2CC(C)OC(C)C2)cc1. The summed E-state index contributed by atoms with van der Waals surface area (Å²) in [6, 6.07) is 8.48. The van der Waals surface area contributed by atoms with Gasteiger partial charge in [0, 0.05) is 19.6 Å². The molecule has 2 rings (SSSR count). The molecule has 3 heteroatoms. The number of nitrogens with zero attached hydrogens (tertiary/aromatic N) is 1. The maximum absolute atomic E-state index is 10.4. The van der Waals surface area contributed by atoms with Crippen LogP contribution >= 0.6 is 0 Å². The lowest BCUT2D eigenvalue weighted by molar-refractivity contribution is -0.0702. The van der Waals surface area contributed by atoms with Crippen LogP contribution in [0, 0.1) is 0 Å². The normalized spacial score (nSPS) is 25.9. The molecular weight excluding hydrogens is 274 g/mol. The summed E-state index contributed by atoms with van der Waals surface area (Å²) < 4.78 is 5.75. The molecule has 1 N–H and O–H groups in total. The molecular formula is C19H31NO2. The molecule has 0 amide bonds. The summed E-state index contributed by atoms with van der Waals surface area (Å²) in [7, 11) is 0. The van der Waals surface area contributed by atoms with Gasteiger partial charge < -0.3 is 9.84 Å². The highest BCUT2D eigenvalue weighted by Crippen LogP contribution is 2.23. The smallest absolute Gasteiger partial charge is 0.0802 e. The van der Waals surface area contributed by atoms with Crippen molar-refractivity contribution in [1.29, 1.82) is 0 Å². The number of benzene rings is 1. The van der Waals surface area contributed by atoms with Crippen molar-refractivity contribution in [3.63, 3.8) is 0 Å². The Balaban J connectivity index is 1.85. The van der Waals surface area contributed by atoms with E-state index in [2.05, 4.69) is 56.9 Å². The van der Waals surface area contributed by atoms with Crippen LogP contribution in [-0.4, -0.2) is 41.8 Å². The fourth-order valence-corrected chi connectivity index (χ4v) is 3.22. The van der Waals surface area contributed by atoms with Crippen molar-refractivity contribution >= 4 is 0 Å². The Hall–Kier alpha value is -0.900. The van der Waals surface area contributed by atoms with Crippen molar-refractivity contribution in [3.8, 4) is 0 Å². The Morgan fingerprint density at radius 3 is 2.23 bits per heavy atom. The van der Waals surface area contributed by atoms with Gasteiger partial charge in [-0.2, -0.15) is 0 Å². The van der Waals surface area contributed by atoms with E-state index in [0.717, 1.165) is 38.0 Å². The molecule has 4 unspecified atom stereocenters. The van der Waals surface area contributed by atoms with E-state index in [9.17, 15) is 5.11 Å². The summed E-state index contributed by atoms with van der Waals surface area (Å²) in [4.78, 5) is 2.40. The molecule has 0 spiro atoms. The molecule has 0 aliphatic carbocycles. The third-order valence-electron chi connectivity index (χ3n) is 4.72. The fraction of sp³-hybridized carbons (Fsp3) is 0.684. The highest BCUT2D eigenvalue weighted by Gasteiger charge is 2.22. The molecule has 4 atom stereocenters. The number of ether oxygens (including phenoxy) is 1. The van der Waals surface area contributed by atoms with Crippen LogP contribution in [0.2, 0.25) is 0 Å². The largest absolute Gasteiger partial charge is 0.388 e. The lowest BCUT2D eigenvalue weighted by Gasteiger charge is -2.35. The average molecular weight is 305 g/mol. The maximum Gasteiger partial charge on any atom is 0.0802 e. The van der Waals surface area contributed by atoms with Crippen molar-refractivity contribution in [3.05, 3.63) is 35.4 Å². The van der Waals surface area contributed by atoms with Crippen LogP contribution in [-0.2, 0) is 4.74 Å². The van der Waals surface area contributed by atoms with Crippen molar-refractivity contribution in [2.45, 2.75) is 64.8 Å². The van der Waals surface area contributed by atoms with E-state index in [-0.39, 0.29) is 18.3 Å². The highest BCUT2D eigenvalue weighted by molar-refractivity contribution is 5.26. The van der Waals surface area contributed by atoms with Gasteiger partial charge in [0.1, 0.15) is 0 Å². The second-order valence-corrected chi connectivity index (χ2v) is 6.80. The first-order valence-corrected chi connectivity index (χ1v) is 8.65. The minimum Gasteiger partial charge on any atom is -0.388 e. The lowest BCUT2D eigenvalue weighted by atomic mass is 9.96. The van der Waals surface area contributed by atoms with E-state index >= 15 is 0 Å². The molecule has 1 aromatic carbocycles. The van der Waals surface area contributed by atoms with Crippen LogP contribution in [0.5, 0.6) is 0 Å². The number of hydrogen-bond acceptors (Lipinski definition) is 3.